The van der Waals surface area contributed by atoms with Gasteiger partial charge in [0.25, 0.3) is 0 Å². The van der Waals surface area contributed by atoms with Crippen molar-refractivity contribution in [2.75, 3.05) is 4.90 Å². The first-order valence-corrected chi connectivity index (χ1v) is 7.83. The first kappa shape index (κ1) is 12.6. The number of benzene rings is 1. The monoisotopic (exact) mass is 297 g/mol. The van der Waals surface area contributed by atoms with Gasteiger partial charge in [0.1, 0.15) is 5.82 Å². The zero-order valence-electron chi connectivity index (χ0n) is 12.3. The lowest BCUT2D eigenvalue weighted by atomic mass is 9.72. The van der Waals surface area contributed by atoms with Crippen LogP contribution in [0.15, 0.2) is 36.4 Å². The molecule has 3 fully saturated rings. The van der Waals surface area contributed by atoms with Crippen LogP contribution in [0.1, 0.15) is 19.8 Å². The number of para-hydroxylation sites is 1. The topological polar surface area (TPSA) is 37.4 Å². The van der Waals surface area contributed by atoms with Gasteiger partial charge in [-0.2, -0.15) is 0 Å². The molecule has 0 N–H and O–H groups in total. The molecule has 1 aromatic carbocycles. The van der Waals surface area contributed by atoms with Crippen molar-refractivity contribution >= 4 is 17.5 Å². The first-order chi connectivity index (χ1) is 10.5. The fraction of sp³-hybridized carbons (Fsp3) is 0.444. The number of halogens is 1. The van der Waals surface area contributed by atoms with E-state index in [0.29, 0.717) is 0 Å². The van der Waals surface area contributed by atoms with Crippen LogP contribution >= 0.6 is 0 Å². The molecular formula is C18H16FNO2. The smallest absolute Gasteiger partial charge is 0.238 e. The van der Waals surface area contributed by atoms with Crippen molar-refractivity contribution < 1.29 is 14.0 Å². The fourth-order valence-electron chi connectivity index (χ4n) is 5.45. The molecule has 1 aliphatic heterocycles. The Labute approximate surface area is 127 Å². The van der Waals surface area contributed by atoms with Gasteiger partial charge in [-0.1, -0.05) is 31.2 Å². The van der Waals surface area contributed by atoms with Gasteiger partial charge in [-0.15, -0.1) is 0 Å². The molecule has 1 spiro atoms. The number of anilines is 1. The number of allylic oxidation sites excluding steroid dienone is 2. The number of fused-ring (bicyclic) bond motifs is 3. The molecule has 22 heavy (non-hydrogen) atoms. The minimum absolute atomic E-state index is 0.0970. The van der Waals surface area contributed by atoms with E-state index >= 15 is 0 Å². The van der Waals surface area contributed by atoms with E-state index < -0.39 is 5.82 Å². The Morgan fingerprint density at radius 1 is 1.18 bits per heavy atom. The number of carbonyl (C=O) groups excluding carboxylic acids is 2. The minimum atomic E-state index is -0.518. The van der Waals surface area contributed by atoms with Gasteiger partial charge in [0.15, 0.2) is 0 Å². The van der Waals surface area contributed by atoms with Crippen molar-refractivity contribution in [1.82, 2.24) is 0 Å². The summed E-state index contributed by atoms with van der Waals surface area (Å²) in [5.74, 6) is -1.43. The van der Waals surface area contributed by atoms with Gasteiger partial charge in [-0.25, -0.2) is 9.29 Å². The highest BCUT2D eigenvalue weighted by atomic mass is 19.1. The van der Waals surface area contributed by atoms with E-state index in [1.807, 2.05) is 0 Å². The Kier molecular flexibility index (Phi) is 2.00. The molecule has 2 saturated carbocycles. The average Bonchev–Trinajstić information content (AvgIpc) is 3.15. The van der Waals surface area contributed by atoms with E-state index in [1.165, 1.54) is 12.1 Å². The summed E-state index contributed by atoms with van der Waals surface area (Å²) in [6, 6.07) is 6.03. The number of carbonyl (C=O) groups is 2. The third-order valence-electron chi connectivity index (χ3n) is 6.63. The fourth-order valence-corrected chi connectivity index (χ4v) is 5.45. The first-order valence-electron chi connectivity index (χ1n) is 7.83. The van der Waals surface area contributed by atoms with Crippen LogP contribution in [0.4, 0.5) is 10.1 Å². The molecule has 5 rings (SSSR count). The maximum Gasteiger partial charge on any atom is 0.238 e. The van der Waals surface area contributed by atoms with E-state index in [0.717, 1.165) is 17.7 Å². The van der Waals surface area contributed by atoms with Crippen molar-refractivity contribution in [3.05, 3.63) is 42.2 Å². The Balaban J connectivity index is 1.64. The number of hydrogen-bond acceptors (Lipinski definition) is 2. The van der Waals surface area contributed by atoms with Crippen LogP contribution in [-0.4, -0.2) is 11.8 Å². The summed E-state index contributed by atoms with van der Waals surface area (Å²) < 4.78 is 14.1. The van der Waals surface area contributed by atoms with Crippen molar-refractivity contribution in [1.29, 1.82) is 0 Å². The van der Waals surface area contributed by atoms with E-state index in [4.69, 9.17) is 0 Å². The second-order valence-corrected chi connectivity index (χ2v) is 7.29. The number of hydrogen-bond donors (Lipinski definition) is 0. The molecule has 1 aromatic rings. The molecule has 1 heterocycles. The van der Waals surface area contributed by atoms with Gasteiger partial charge in [-0.05, 0) is 36.3 Å². The van der Waals surface area contributed by atoms with Crippen LogP contribution in [0.5, 0.6) is 0 Å². The molecule has 0 aromatic heterocycles. The normalized spacial score (nSPS) is 39.9. The maximum absolute atomic E-state index is 14.1. The molecule has 4 atom stereocenters. The van der Waals surface area contributed by atoms with Crippen molar-refractivity contribution in [2.45, 2.75) is 19.8 Å². The minimum Gasteiger partial charge on any atom is -0.274 e. The van der Waals surface area contributed by atoms with E-state index in [-0.39, 0.29) is 46.1 Å². The van der Waals surface area contributed by atoms with Crippen molar-refractivity contribution in [2.24, 2.45) is 28.6 Å². The van der Waals surface area contributed by atoms with Gasteiger partial charge in [-0.3, -0.25) is 9.59 Å². The molecule has 4 aliphatic rings. The lowest BCUT2D eigenvalue weighted by Crippen LogP contribution is -2.38. The summed E-state index contributed by atoms with van der Waals surface area (Å²) in [5, 5.41) is 0. The number of amides is 2. The van der Waals surface area contributed by atoms with Crippen LogP contribution in [-0.2, 0) is 9.59 Å². The Morgan fingerprint density at radius 2 is 1.91 bits per heavy atom. The lowest BCUT2D eigenvalue weighted by Gasteiger charge is -2.31. The zero-order valence-corrected chi connectivity index (χ0v) is 12.3. The molecule has 4 heteroatoms. The number of nitrogens with zero attached hydrogens (tertiary/aromatic N) is 1. The van der Waals surface area contributed by atoms with Gasteiger partial charge in [0, 0.05) is 5.41 Å². The standard InChI is InChI=1S/C18H16FNO2/c1-17-7-6-10(18(17)8-9-18)13-14(17)16(22)20(15(13)21)12-5-3-2-4-11(12)19/h2-7,10,13-14H,8-9H2,1H3/t10-,13-,14-,17+/m0/s1. The Morgan fingerprint density at radius 3 is 2.55 bits per heavy atom. The highest BCUT2D eigenvalue weighted by molar-refractivity contribution is 6.23. The van der Waals surface area contributed by atoms with Gasteiger partial charge in [0.2, 0.25) is 11.8 Å². The second-order valence-electron chi connectivity index (χ2n) is 7.29. The summed E-state index contributed by atoms with van der Waals surface area (Å²) in [5.41, 5.74) is -0.0240. The second kappa shape index (κ2) is 3.50. The Bertz CT molecular complexity index is 766. The molecule has 3 aliphatic carbocycles. The van der Waals surface area contributed by atoms with Gasteiger partial charge in [0.05, 0.1) is 17.5 Å². The van der Waals surface area contributed by atoms with Crippen LogP contribution in [0.2, 0.25) is 0 Å². The maximum atomic E-state index is 14.1. The SMILES string of the molecule is C[C@@]12C=C[C@@H]([C@@H]3C(=O)N(c4ccccc4F)C(=O)[C@H]31)C21CC1. The summed E-state index contributed by atoms with van der Waals surface area (Å²) in [7, 11) is 0. The molecule has 2 bridgehead atoms. The molecule has 3 nitrogen and oxygen atoms in total. The predicted octanol–water partition coefficient (Wildman–Crippen LogP) is 2.92. The van der Waals surface area contributed by atoms with Gasteiger partial charge < -0.3 is 0 Å². The van der Waals surface area contributed by atoms with Crippen molar-refractivity contribution in [3.63, 3.8) is 0 Å². The van der Waals surface area contributed by atoms with Gasteiger partial charge >= 0.3 is 0 Å². The molecule has 1 saturated heterocycles. The van der Waals surface area contributed by atoms with Crippen LogP contribution < -0.4 is 4.90 Å². The number of rotatable bonds is 1. The van der Waals surface area contributed by atoms with E-state index in [2.05, 4.69) is 19.1 Å². The van der Waals surface area contributed by atoms with E-state index in [9.17, 15) is 14.0 Å². The largest absolute Gasteiger partial charge is 0.274 e. The summed E-state index contributed by atoms with van der Waals surface area (Å²) in [4.78, 5) is 27.0. The summed E-state index contributed by atoms with van der Waals surface area (Å²) >= 11 is 0. The third-order valence-corrected chi connectivity index (χ3v) is 6.63. The highest BCUT2D eigenvalue weighted by Crippen LogP contribution is 2.79. The molecular weight excluding hydrogens is 281 g/mol. The molecule has 0 radical (unpaired) electrons. The molecule has 2 amide bonds. The molecule has 0 unspecified atom stereocenters. The van der Waals surface area contributed by atoms with Crippen LogP contribution in [0, 0.1) is 34.4 Å². The third kappa shape index (κ3) is 1.10. The average molecular weight is 297 g/mol. The highest BCUT2D eigenvalue weighted by Gasteiger charge is 2.78. The predicted molar refractivity (Wildman–Crippen MR) is 78.3 cm³/mol. The zero-order chi connectivity index (χ0) is 15.3. The van der Waals surface area contributed by atoms with Crippen LogP contribution in [0.3, 0.4) is 0 Å². The summed E-state index contributed by atoms with van der Waals surface area (Å²) in [6.07, 6.45) is 6.45. The molecule has 112 valence electrons. The summed E-state index contributed by atoms with van der Waals surface area (Å²) in [6.45, 7) is 2.11. The van der Waals surface area contributed by atoms with Crippen LogP contribution in [0.25, 0.3) is 0 Å². The van der Waals surface area contributed by atoms with Crippen molar-refractivity contribution in [3.8, 4) is 0 Å². The quantitative estimate of drug-likeness (QED) is 0.590. The lowest BCUT2D eigenvalue weighted by molar-refractivity contribution is -0.124. The Hall–Kier alpha value is -1.97. The number of imide groups is 1. The van der Waals surface area contributed by atoms with E-state index in [1.54, 1.807) is 12.1 Å².